The Morgan fingerprint density at radius 2 is 1.61 bits per heavy atom. The van der Waals surface area contributed by atoms with Crippen molar-refractivity contribution in [3.8, 4) is 0 Å². The molecule has 28 heavy (non-hydrogen) atoms. The molecule has 2 heterocycles. The molecule has 0 aromatic carbocycles. The number of unbranched alkanes of at least 4 members (excludes halogenated alkanes) is 1. The van der Waals surface area contributed by atoms with Crippen molar-refractivity contribution in [2.24, 2.45) is 0 Å². The Hall–Kier alpha value is -2.20. The first kappa shape index (κ1) is 22.1. The minimum absolute atomic E-state index is 0.00665. The molecule has 0 aromatic rings. The largest absolute Gasteiger partial charge is 0.432 e. The lowest BCUT2D eigenvalue weighted by Crippen LogP contribution is -2.64. The summed E-state index contributed by atoms with van der Waals surface area (Å²) >= 11 is 0. The van der Waals surface area contributed by atoms with Crippen LogP contribution in [0.1, 0.15) is 39.5 Å². The molecule has 4 amide bonds. The Morgan fingerprint density at radius 3 is 2.21 bits per heavy atom. The molecule has 2 aliphatic heterocycles. The topological polar surface area (TPSA) is 111 Å². The normalized spacial score (nSPS) is 26.4. The van der Waals surface area contributed by atoms with Crippen LogP contribution in [0.3, 0.4) is 0 Å². The quantitative estimate of drug-likeness (QED) is 0.258. The predicted octanol–water partition coefficient (Wildman–Crippen LogP) is -0.304. The monoisotopic (exact) mass is 407 g/mol. The van der Waals surface area contributed by atoms with Gasteiger partial charge in [0, 0.05) is 44.6 Å². The molecule has 2 N–H and O–H groups in total. The highest BCUT2D eigenvalue weighted by molar-refractivity contribution is 6.01. The molecule has 2 fully saturated rings. The van der Waals surface area contributed by atoms with Crippen molar-refractivity contribution >= 4 is 23.8 Å². The Kier molecular flexibility index (Phi) is 7.76. The average Bonchev–Trinajstić information content (AvgIpc) is 2.94. The van der Waals surface area contributed by atoms with Gasteiger partial charge in [0.15, 0.2) is 0 Å². The zero-order valence-electron chi connectivity index (χ0n) is 17.1. The highest BCUT2D eigenvalue weighted by Gasteiger charge is 2.38. The van der Waals surface area contributed by atoms with E-state index in [1.807, 2.05) is 14.1 Å². The van der Waals surface area contributed by atoms with Crippen molar-refractivity contribution in [3.63, 3.8) is 0 Å². The third-order valence-corrected chi connectivity index (χ3v) is 5.44. The number of hydrogen-bond donors (Lipinski definition) is 2. The van der Waals surface area contributed by atoms with Gasteiger partial charge in [-0.25, -0.2) is 4.79 Å². The van der Waals surface area contributed by atoms with Crippen LogP contribution in [0.5, 0.6) is 0 Å². The average molecular weight is 407 g/mol. The zero-order chi connectivity index (χ0) is 20.8. The standard InChI is InChI=1S/C18H31N5O5/c1-12-11-21(3)16(13(2)22(12)4)17(26)19-9-5-6-10-20-18(27)28-23-14(24)7-8-15(23)25/h12-13,16H,5-11H2,1-4H3,(H,19,26)(H,20,27)/i3+1,4+1,5+1,6+1,9+1,10+1,11+1,12+1,19+1,20+1. The molecular weight excluding hydrogens is 376 g/mol. The lowest BCUT2D eigenvalue weighted by Gasteiger charge is -2.46. The maximum Gasteiger partial charge on any atom is 0.432 e. The smallest absolute Gasteiger partial charge is 0.355 e. The summed E-state index contributed by atoms with van der Waals surface area (Å²) in [5, 5.41) is 5.96. The molecule has 2 aliphatic rings. The van der Waals surface area contributed by atoms with Crippen LogP contribution in [0.4, 0.5) is 4.79 Å². The minimum Gasteiger partial charge on any atom is -0.355 e. The van der Waals surface area contributed by atoms with Gasteiger partial charge in [-0.15, -0.1) is 5.06 Å². The number of amides is 4. The van der Waals surface area contributed by atoms with E-state index in [9.17, 15) is 19.2 Å². The van der Waals surface area contributed by atoms with Crippen LogP contribution in [0.25, 0.3) is 0 Å². The van der Waals surface area contributed by atoms with E-state index >= 15 is 0 Å². The van der Waals surface area contributed by atoms with E-state index < -0.39 is 17.9 Å². The molecule has 0 aliphatic carbocycles. The number of carbonyl (C=O) groups excluding carboxylic acids is 4. The van der Waals surface area contributed by atoms with Gasteiger partial charge in [0.2, 0.25) is 5.91 Å². The van der Waals surface area contributed by atoms with Crippen LogP contribution >= 0.6 is 0 Å². The summed E-state index contributed by atoms with van der Waals surface area (Å²) in [6.07, 6.45) is 0.613. The Labute approximate surface area is 165 Å². The predicted molar refractivity (Wildman–Crippen MR) is 101 cm³/mol. The maximum absolute atomic E-state index is 12.5. The van der Waals surface area contributed by atoms with Crippen molar-refractivity contribution in [1.82, 2.24) is 25.5 Å². The van der Waals surface area contributed by atoms with Gasteiger partial charge in [-0.1, -0.05) is 0 Å². The van der Waals surface area contributed by atoms with Gasteiger partial charge in [-0.2, -0.15) is 0 Å². The zero-order valence-corrected chi connectivity index (χ0v) is 17.1. The second-order valence-corrected chi connectivity index (χ2v) is 7.53. The summed E-state index contributed by atoms with van der Waals surface area (Å²) in [6.45, 7) is 5.88. The van der Waals surface area contributed by atoms with E-state index in [4.69, 9.17) is 4.84 Å². The van der Waals surface area contributed by atoms with E-state index in [2.05, 4.69) is 34.3 Å². The fourth-order valence-electron chi connectivity index (χ4n) is 3.60. The molecule has 0 radical (unpaired) electrons. The van der Waals surface area contributed by atoms with Gasteiger partial charge in [0.25, 0.3) is 11.8 Å². The summed E-state index contributed by atoms with van der Waals surface area (Å²) in [6, 6.07) is 0.340. The first-order chi connectivity index (χ1) is 13.2. The number of rotatable bonds is 7. The molecule has 2 saturated heterocycles. The van der Waals surface area contributed by atoms with Crippen molar-refractivity contribution in [1.29, 1.82) is 0 Å². The molecule has 0 bridgehead atoms. The molecule has 158 valence electrons. The van der Waals surface area contributed by atoms with Gasteiger partial charge in [-0.3, -0.25) is 24.2 Å². The van der Waals surface area contributed by atoms with Crippen molar-refractivity contribution < 1.29 is 24.0 Å². The Bertz CT molecular complexity index is 597. The molecule has 0 saturated carbocycles. The van der Waals surface area contributed by atoms with Gasteiger partial charge in [-0.05, 0) is 40.8 Å². The summed E-state index contributed by atoms with van der Waals surface area (Å²) in [5.41, 5.74) is 0. The number of carbonyl (C=O) groups is 4. The Balaban J connectivity index is 1.61. The van der Waals surface area contributed by atoms with Crippen LogP contribution in [-0.2, 0) is 19.2 Å². The minimum atomic E-state index is -0.831. The molecule has 3 atom stereocenters. The third kappa shape index (κ3) is 5.41. The lowest BCUT2D eigenvalue weighted by molar-refractivity contribution is -0.171. The van der Waals surface area contributed by atoms with E-state index in [1.54, 1.807) is 0 Å². The molecule has 0 spiro atoms. The number of imide groups is 1. The van der Waals surface area contributed by atoms with Crippen LogP contribution in [-0.4, -0.2) is 90.5 Å². The van der Waals surface area contributed by atoms with E-state index in [-0.39, 0.29) is 30.8 Å². The molecule has 10 heteroatoms. The summed E-state index contributed by atoms with van der Waals surface area (Å²) in [5.74, 6) is -1.01. The molecule has 10 nitrogen and oxygen atoms in total. The lowest BCUT2D eigenvalue weighted by atomic mass is 10.1. The highest BCUT2D eigenvalue weighted by Crippen LogP contribution is 2.18. The third-order valence-electron chi connectivity index (χ3n) is 5.44. The molecular formula is C18H31N5O5. The van der Waals surface area contributed by atoms with Crippen molar-refractivity contribution in [3.05, 3.63) is 0 Å². The van der Waals surface area contributed by atoms with Gasteiger partial charge in [0.05, 0.1) is 0 Å². The fraction of sp³-hybridized carbons (Fsp3) is 0.778. The molecule has 3 unspecified atom stereocenters. The van der Waals surface area contributed by atoms with E-state index in [1.165, 1.54) is 0 Å². The summed E-state index contributed by atoms with van der Waals surface area (Å²) in [7, 11) is 4.01. The summed E-state index contributed by atoms with van der Waals surface area (Å²) < 4.78 is 0. The number of piperazine rings is 1. The second kappa shape index (κ2) is 9.83. The van der Waals surface area contributed by atoms with Crippen LogP contribution in [0.15, 0.2) is 0 Å². The first-order valence-corrected chi connectivity index (χ1v) is 9.73. The number of hydrogen-bond acceptors (Lipinski definition) is 7. The van der Waals surface area contributed by atoms with Crippen LogP contribution in [0.2, 0.25) is 0 Å². The van der Waals surface area contributed by atoms with E-state index in [0.717, 1.165) is 6.54 Å². The van der Waals surface area contributed by atoms with Crippen molar-refractivity contribution in [2.75, 3.05) is 33.7 Å². The number of nitrogens with one attached hydrogen (secondary N) is 2. The number of likely N-dealkylation sites (N-methyl/N-ethyl adjacent to an activating group) is 2. The van der Waals surface area contributed by atoms with Crippen LogP contribution < -0.4 is 10.6 Å². The van der Waals surface area contributed by atoms with Gasteiger partial charge >= 0.3 is 6.09 Å². The second-order valence-electron chi connectivity index (χ2n) is 7.53. The molecule has 2 rings (SSSR count). The van der Waals surface area contributed by atoms with Gasteiger partial charge < -0.3 is 15.5 Å². The fourth-order valence-corrected chi connectivity index (χ4v) is 3.60. The van der Waals surface area contributed by atoms with Gasteiger partial charge in [0.1, 0.15) is 6.04 Å². The molecule has 0 aromatic heterocycles. The maximum atomic E-state index is 12.5. The highest BCUT2D eigenvalue weighted by atomic mass is 16.7. The first-order valence-electron chi connectivity index (χ1n) is 9.73. The van der Waals surface area contributed by atoms with E-state index in [0.29, 0.717) is 37.0 Å². The van der Waals surface area contributed by atoms with Crippen molar-refractivity contribution in [2.45, 2.75) is 57.7 Å². The summed E-state index contributed by atoms with van der Waals surface area (Å²) in [4.78, 5) is 55.9. The Morgan fingerprint density at radius 1 is 1.04 bits per heavy atom. The SMILES string of the molecule is CC1C(C(=O)[15NH][13CH2][13CH2][13CH2][13CH2][15NH]C(=O)ON2C(=O)CCC2=O)N([13CH3])[13CH2][13CH](C)N1[13CH3]. The van der Waals surface area contributed by atoms with Crippen LogP contribution in [0, 0.1) is 0 Å². The number of hydroxylamine groups is 2. The number of nitrogens with zero attached hydrogens (tertiary/aromatic N) is 3.